The highest BCUT2D eigenvalue weighted by molar-refractivity contribution is 5.41. The summed E-state index contributed by atoms with van der Waals surface area (Å²) in [5.74, 6) is 1.18. The van der Waals surface area contributed by atoms with Gasteiger partial charge in [-0.2, -0.15) is 0 Å². The molecule has 0 aromatic carbocycles. The molecule has 3 heterocycles. The summed E-state index contributed by atoms with van der Waals surface area (Å²) in [5, 5.41) is 3.77. The molecule has 2 aliphatic heterocycles. The molecule has 1 aliphatic carbocycles. The number of pyridine rings is 1. The first kappa shape index (κ1) is 15.4. The average molecular weight is 314 g/mol. The van der Waals surface area contributed by atoms with Gasteiger partial charge in [-0.25, -0.2) is 4.98 Å². The third kappa shape index (κ3) is 4.04. The van der Waals surface area contributed by atoms with Crippen molar-refractivity contribution >= 4 is 5.82 Å². The van der Waals surface area contributed by atoms with Gasteiger partial charge in [0.2, 0.25) is 0 Å². The van der Waals surface area contributed by atoms with Gasteiger partial charge >= 0.3 is 0 Å². The molecule has 4 rings (SSSR count). The van der Waals surface area contributed by atoms with E-state index >= 15 is 0 Å². The Balaban J connectivity index is 1.31. The minimum absolute atomic E-state index is 0.672. The van der Waals surface area contributed by atoms with E-state index in [1.54, 1.807) is 0 Å². The van der Waals surface area contributed by atoms with Gasteiger partial charge in [-0.3, -0.25) is 4.90 Å². The molecule has 0 amide bonds. The Labute approximate surface area is 140 Å². The van der Waals surface area contributed by atoms with Crippen LogP contribution in [0.3, 0.4) is 0 Å². The zero-order valence-corrected chi connectivity index (χ0v) is 14.2. The molecule has 126 valence electrons. The predicted molar refractivity (Wildman–Crippen MR) is 94.8 cm³/mol. The van der Waals surface area contributed by atoms with E-state index in [1.165, 1.54) is 82.5 Å². The van der Waals surface area contributed by atoms with Crippen LogP contribution in [0.15, 0.2) is 18.3 Å². The summed E-state index contributed by atoms with van der Waals surface area (Å²) in [4.78, 5) is 9.76. The van der Waals surface area contributed by atoms with E-state index < -0.39 is 0 Å². The molecule has 0 radical (unpaired) electrons. The van der Waals surface area contributed by atoms with Crippen molar-refractivity contribution in [3.63, 3.8) is 0 Å². The van der Waals surface area contributed by atoms with Crippen LogP contribution in [0.2, 0.25) is 0 Å². The highest BCUT2D eigenvalue weighted by Gasteiger charge is 2.34. The molecule has 2 saturated heterocycles. The SMILES string of the molecule is c1cc(CN[C@@H]2CCN(C3CC3)C2)cc(N2CCCCCC2)n1. The quantitative estimate of drug-likeness (QED) is 0.905. The van der Waals surface area contributed by atoms with Gasteiger partial charge in [-0.1, -0.05) is 12.8 Å². The van der Waals surface area contributed by atoms with Crippen LogP contribution in [0.25, 0.3) is 0 Å². The molecular weight excluding hydrogens is 284 g/mol. The highest BCUT2D eigenvalue weighted by Crippen LogP contribution is 2.29. The number of hydrogen-bond donors (Lipinski definition) is 1. The molecular formula is C19H30N4. The zero-order chi connectivity index (χ0) is 15.5. The lowest BCUT2D eigenvalue weighted by Crippen LogP contribution is -2.33. The molecule has 1 saturated carbocycles. The summed E-state index contributed by atoms with van der Waals surface area (Å²) in [6, 6.07) is 6.05. The molecule has 23 heavy (non-hydrogen) atoms. The van der Waals surface area contributed by atoms with Gasteiger partial charge in [0.15, 0.2) is 0 Å². The lowest BCUT2D eigenvalue weighted by atomic mass is 10.2. The lowest BCUT2D eigenvalue weighted by Gasteiger charge is -2.22. The summed E-state index contributed by atoms with van der Waals surface area (Å²) in [6.45, 7) is 5.85. The molecule has 1 N–H and O–H groups in total. The minimum Gasteiger partial charge on any atom is -0.357 e. The number of aromatic nitrogens is 1. The van der Waals surface area contributed by atoms with Crippen LogP contribution < -0.4 is 10.2 Å². The Bertz CT molecular complexity index is 506. The van der Waals surface area contributed by atoms with Gasteiger partial charge in [0.1, 0.15) is 5.82 Å². The molecule has 0 spiro atoms. The van der Waals surface area contributed by atoms with Crippen molar-refractivity contribution < 1.29 is 0 Å². The summed E-state index contributed by atoms with van der Waals surface area (Å²) in [5.41, 5.74) is 1.38. The molecule has 1 aromatic heterocycles. The summed E-state index contributed by atoms with van der Waals surface area (Å²) in [7, 11) is 0. The Morgan fingerprint density at radius 3 is 2.65 bits per heavy atom. The maximum absolute atomic E-state index is 4.62. The number of rotatable bonds is 5. The maximum atomic E-state index is 4.62. The van der Waals surface area contributed by atoms with Crippen LogP contribution in [-0.4, -0.2) is 48.1 Å². The smallest absolute Gasteiger partial charge is 0.128 e. The second-order valence-corrected chi connectivity index (χ2v) is 7.52. The highest BCUT2D eigenvalue weighted by atomic mass is 15.2. The maximum Gasteiger partial charge on any atom is 0.128 e. The van der Waals surface area contributed by atoms with Gasteiger partial charge in [-0.05, 0) is 49.8 Å². The standard InChI is InChI=1S/C19H30N4/c1-2-4-11-22(10-3-1)19-13-16(7-9-20-19)14-21-17-8-12-23(15-17)18-5-6-18/h7,9,13,17-18,21H,1-6,8,10-12,14-15H2/t17-/m1/s1. The fraction of sp³-hybridized carbons (Fsp3) is 0.737. The van der Waals surface area contributed by atoms with Crippen molar-refractivity contribution in [2.24, 2.45) is 0 Å². The topological polar surface area (TPSA) is 31.4 Å². The number of likely N-dealkylation sites (tertiary alicyclic amines) is 1. The molecule has 1 atom stereocenters. The Morgan fingerprint density at radius 1 is 1.04 bits per heavy atom. The van der Waals surface area contributed by atoms with E-state index in [0.717, 1.165) is 12.6 Å². The molecule has 3 fully saturated rings. The van der Waals surface area contributed by atoms with Gasteiger partial charge in [0, 0.05) is 51.0 Å². The third-order valence-electron chi connectivity index (χ3n) is 5.62. The van der Waals surface area contributed by atoms with E-state index in [0.29, 0.717) is 6.04 Å². The van der Waals surface area contributed by atoms with Crippen molar-refractivity contribution in [1.29, 1.82) is 0 Å². The van der Waals surface area contributed by atoms with Gasteiger partial charge in [0.05, 0.1) is 0 Å². The molecule has 3 aliphatic rings. The van der Waals surface area contributed by atoms with Crippen LogP contribution in [0.1, 0.15) is 50.5 Å². The van der Waals surface area contributed by atoms with Crippen molar-refractivity contribution in [2.75, 3.05) is 31.1 Å². The third-order valence-corrected chi connectivity index (χ3v) is 5.62. The summed E-state index contributed by atoms with van der Waals surface area (Å²) in [6.07, 6.45) is 11.5. The van der Waals surface area contributed by atoms with Crippen LogP contribution in [0, 0.1) is 0 Å². The van der Waals surface area contributed by atoms with Gasteiger partial charge in [-0.15, -0.1) is 0 Å². The normalized spacial score (nSPS) is 26.4. The van der Waals surface area contributed by atoms with E-state index in [1.807, 2.05) is 6.20 Å². The summed E-state index contributed by atoms with van der Waals surface area (Å²) < 4.78 is 0. The minimum atomic E-state index is 0.672. The lowest BCUT2D eigenvalue weighted by molar-refractivity contribution is 0.317. The fourth-order valence-corrected chi connectivity index (χ4v) is 4.03. The van der Waals surface area contributed by atoms with E-state index in [9.17, 15) is 0 Å². The molecule has 4 heteroatoms. The first-order chi connectivity index (χ1) is 11.4. The van der Waals surface area contributed by atoms with E-state index in [2.05, 4.69) is 32.2 Å². The van der Waals surface area contributed by atoms with Gasteiger partial charge in [0.25, 0.3) is 0 Å². The molecule has 0 unspecified atom stereocenters. The Hall–Kier alpha value is -1.13. The van der Waals surface area contributed by atoms with Gasteiger partial charge < -0.3 is 10.2 Å². The van der Waals surface area contributed by atoms with E-state index in [-0.39, 0.29) is 0 Å². The van der Waals surface area contributed by atoms with Crippen LogP contribution in [0.4, 0.5) is 5.82 Å². The second-order valence-electron chi connectivity index (χ2n) is 7.52. The van der Waals surface area contributed by atoms with Crippen molar-refractivity contribution in [3.05, 3.63) is 23.9 Å². The van der Waals surface area contributed by atoms with Crippen molar-refractivity contribution in [2.45, 2.75) is 63.6 Å². The monoisotopic (exact) mass is 314 g/mol. The zero-order valence-electron chi connectivity index (χ0n) is 14.2. The number of nitrogens with one attached hydrogen (secondary N) is 1. The Morgan fingerprint density at radius 2 is 1.87 bits per heavy atom. The summed E-state index contributed by atoms with van der Waals surface area (Å²) >= 11 is 0. The molecule has 1 aromatic rings. The average Bonchev–Trinajstić information content (AvgIpc) is 3.38. The number of anilines is 1. The Kier molecular flexibility index (Phi) is 4.81. The van der Waals surface area contributed by atoms with Crippen molar-refractivity contribution in [3.8, 4) is 0 Å². The number of hydrogen-bond acceptors (Lipinski definition) is 4. The second kappa shape index (κ2) is 7.18. The molecule has 0 bridgehead atoms. The first-order valence-electron chi connectivity index (χ1n) is 9.56. The van der Waals surface area contributed by atoms with Crippen LogP contribution >= 0.6 is 0 Å². The molecule has 4 nitrogen and oxygen atoms in total. The largest absolute Gasteiger partial charge is 0.357 e. The van der Waals surface area contributed by atoms with E-state index in [4.69, 9.17) is 0 Å². The fourth-order valence-electron chi connectivity index (χ4n) is 4.03. The first-order valence-corrected chi connectivity index (χ1v) is 9.56. The predicted octanol–water partition coefficient (Wildman–Crippen LogP) is 2.79. The number of nitrogens with zero attached hydrogens (tertiary/aromatic N) is 3. The van der Waals surface area contributed by atoms with Crippen LogP contribution in [0.5, 0.6) is 0 Å². The van der Waals surface area contributed by atoms with Crippen LogP contribution in [-0.2, 0) is 6.54 Å². The van der Waals surface area contributed by atoms with Crippen molar-refractivity contribution in [1.82, 2.24) is 15.2 Å².